The lowest BCUT2D eigenvalue weighted by atomic mass is 9.88. The number of nitrogens with one attached hydrogen (secondary N) is 2. The quantitative estimate of drug-likeness (QED) is 0.740. The van der Waals surface area contributed by atoms with Gasteiger partial charge in [-0.3, -0.25) is 14.4 Å². The predicted molar refractivity (Wildman–Crippen MR) is 128 cm³/mol. The Labute approximate surface area is 194 Å². The molecule has 33 heavy (non-hydrogen) atoms. The maximum absolute atomic E-state index is 13.2. The van der Waals surface area contributed by atoms with Gasteiger partial charge in [0.2, 0.25) is 18.0 Å². The maximum Gasteiger partial charge on any atom is 0.272 e. The van der Waals surface area contributed by atoms with Gasteiger partial charge in [-0.25, -0.2) is 4.99 Å². The normalized spacial score (nSPS) is 19.7. The number of carbonyl (C=O) groups excluding carboxylic acids is 3. The molecule has 3 amide bonds. The number of aliphatic imine (C=N–C) groups is 1. The van der Waals surface area contributed by atoms with Crippen LogP contribution in [0.25, 0.3) is 0 Å². The first-order valence-electron chi connectivity index (χ1n) is 11.6. The number of benzodiazepines with no additional fused rings is 1. The summed E-state index contributed by atoms with van der Waals surface area (Å²) < 4.78 is 0. The van der Waals surface area contributed by atoms with Crippen LogP contribution in [0.5, 0.6) is 0 Å². The first-order chi connectivity index (χ1) is 16.0. The van der Waals surface area contributed by atoms with E-state index >= 15 is 0 Å². The summed E-state index contributed by atoms with van der Waals surface area (Å²) in [6.45, 7) is 1.64. The summed E-state index contributed by atoms with van der Waals surface area (Å²) in [4.78, 5) is 45.0. The lowest BCUT2D eigenvalue weighted by Gasteiger charge is -2.24. The zero-order valence-electron chi connectivity index (χ0n) is 19.1. The highest BCUT2D eigenvalue weighted by Crippen LogP contribution is 2.27. The molecule has 172 valence electrons. The summed E-state index contributed by atoms with van der Waals surface area (Å²) in [5.74, 6) is -0.917. The Bertz CT molecular complexity index is 1060. The lowest BCUT2D eigenvalue weighted by molar-refractivity contribution is -0.132. The molecule has 0 unspecified atom stereocenters. The zero-order chi connectivity index (χ0) is 23.4. The number of hydrogen-bond donors (Lipinski definition) is 2. The SMILES string of the molecule is C[C@H](NC(=O)C1CCCCC1)C(=O)N[C@H]1N=C(c2ccccc2)c2ccccc2N(C)C1=O. The molecule has 1 saturated carbocycles. The van der Waals surface area contributed by atoms with Gasteiger partial charge in [-0.15, -0.1) is 0 Å². The molecule has 2 aromatic rings. The molecule has 7 heteroatoms. The average molecular weight is 447 g/mol. The average Bonchev–Trinajstić information content (AvgIpc) is 2.95. The van der Waals surface area contributed by atoms with Gasteiger partial charge >= 0.3 is 0 Å². The molecule has 1 fully saturated rings. The van der Waals surface area contributed by atoms with Crippen LogP contribution in [0, 0.1) is 5.92 Å². The molecule has 0 radical (unpaired) electrons. The minimum atomic E-state index is -1.10. The van der Waals surface area contributed by atoms with Crippen molar-refractivity contribution in [1.82, 2.24) is 10.6 Å². The Morgan fingerprint density at radius 1 is 1.00 bits per heavy atom. The minimum Gasteiger partial charge on any atom is -0.344 e. The third-order valence-electron chi connectivity index (χ3n) is 6.40. The van der Waals surface area contributed by atoms with Crippen molar-refractivity contribution in [3.8, 4) is 0 Å². The fourth-order valence-electron chi connectivity index (χ4n) is 4.46. The van der Waals surface area contributed by atoms with Gasteiger partial charge in [0, 0.05) is 24.1 Å². The number of hydrogen-bond acceptors (Lipinski definition) is 4. The van der Waals surface area contributed by atoms with Gasteiger partial charge in [0.1, 0.15) is 6.04 Å². The third-order valence-corrected chi connectivity index (χ3v) is 6.40. The van der Waals surface area contributed by atoms with E-state index < -0.39 is 18.1 Å². The van der Waals surface area contributed by atoms with Crippen LogP contribution in [0.1, 0.15) is 50.2 Å². The van der Waals surface area contributed by atoms with Crippen molar-refractivity contribution >= 4 is 29.1 Å². The van der Waals surface area contributed by atoms with Gasteiger partial charge in [0.15, 0.2) is 0 Å². The Morgan fingerprint density at radius 3 is 2.39 bits per heavy atom. The van der Waals surface area contributed by atoms with Crippen LogP contribution in [0.3, 0.4) is 0 Å². The van der Waals surface area contributed by atoms with Gasteiger partial charge in [-0.05, 0) is 25.8 Å². The Balaban J connectivity index is 1.57. The Hall–Kier alpha value is -3.48. The summed E-state index contributed by atoms with van der Waals surface area (Å²) in [7, 11) is 1.68. The van der Waals surface area contributed by atoms with E-state index in [0.29, 0.717) is 5.71 Å². The second-order valence-electron chi connectivity index (χ2n) is 8.73. The number of amides is 3. The van der Waals surface area contributed by atoms with Gasteiger partial charge < -0.3 is 15.5 Å². The molecule has 0 aromatic heterocycles. The van der Waals surface area contributed by atoms with Crippen LogP contribution in [0.15, 0.2) is 59.6 Å². The van der Waals surface area contributed by atoms with Crippen molar-refractivity contribution < 1.29 is 14.4 Å². The molecular weight excluding hydrogens is 416 g/mol. The van der Waals surface area contributed by atoms with E-state index in [2.05, 4.69) is 10.6 Å². The minimum absolute atomic E-state index is 0.0446. The maximum atomic E-state index is 13.2. The van der Waals surface area contributed by atoms with E-state index in [1.54, 1.807) is 14.0 Å². The van der Waals surface area contributed by atoms with Crippen LogP contribution in [-0.4, -0.2) is 42.7 Å². The van der Waals surface area contributed by atoms with Crippen molar-refractivity contribution in [2.24, 2.45) is 10.9 Å². The molecule has 0 bridgehead atoms. The van der Waals surface area contributed by atoms with Crippen LogP contribution in [0.4, 0.5) is 5.69 Å². The van der Waals surface area contributed by atoms with E-state index in [9.17, 15) is 14.4 Å². The molecule has 1 aliphatic carbocycles. The largest absolute Gasteiger partial charge is 0.344 e. The number of fused-ring (bicyclic) bond motifs is 1. The number of benzene rings is 2. The van der Waals surface area contributed by atoms with E-state index in [-0.39, 0.29) is 17.7 Å². The second-order valence-corrected chi connectivity index (χ2v) is 8.73. The van der Waals surface area contributed by atoms with Crippen LogP contribution >= 0.6 is 0 Å². The Kier molecular flexibility index (Phi) is 6.87. The van der Waals surface area contributed by atoms with Crippen molar-refractivity contribution in [3.05, 3.63) is 65.7 Å². The van der Waals surface area contributed by atoms with Crippen molar-refractivity contribution in [1.29, 1.82) is 0 Å². The molecule has 1 heterocycles. The summed E-state index contributed by atoms with van der Waals surface area (Å²) in [5, 5.41) is 5.57. The van der Waals surface area contributed by atoms with E-state index in [1.165, 1.54) is 4.90 Å². The van der Waals surface area contributed by atoms with Gasteiger partial charge in [0.25, 0.3) is 5.91 Å². The number of rotatable bonds is 5. The van der Waals surface area contributed by atoms with Gasteiger partial charge in [0.05, 0.1) is 11.4 Å². The standard InChI is InChI=1S/C26H30N4O3/c1-17(27-25(32)19-13-7-4-8-14-19)24(31)29-23-26(33)30(2)21-16-10-9-15-20(21)22(28-23)18-11-5-3-6-12-18/h3,5-6,9-12,15-17,19,23H,4,7-8,13-14H2,1-2H3,(H,27,32)(H,29,31)/t17-,23+/m0/s1. The molecule has 7 nitrogen and oxygen atoms in total. The van der Waals surface area contributed by atoms with Crippen LogP contribution < -0.4 is 15.5 Å². The first kappa shape index (κ1) is 22.7. The summed E-state index contributed by atoms with van der Waals surface area (Å²) in [5.41, 5.74) is 3.02. The van der Waals surface area contributed by atoms with Crippen molar-refractivity contribution in [3.63, 3.8) is 0 Å². The molecule has 2 aliphatic rings. The Morgan fingerprint density at radius 2 is 1.67 bits per heavy atom. The molecule has 2 aromatic carbocycles. The number of carbonyl (C=O) groups is 3. The molecule has 2 atom stereocenters. The van der Waals surface area contributed by atoms with E-state index in [1.807, 2.05) is 54.6 Å². The van der Waals surface area contributed by atoms with E-state index in [0.717, 1.165) is 48.9 Å². The predicted octanol–water partition coefficient (Wildman–Crippen LogP) is 3.03. The fourth-order valence-corrected chi connectivity index (χ4v) is 4.46. The fraction of sp³-hybridized carbons (Fsp3) is 0.385. The summed E-state index contributed by atoms with van der Waals surface area (Å²) >= 11 is 0. The van der Waals surface area contributed by atoms with E-state index in [4.69, 9.17) is 4.99 Å². The molecule has 0 saturated heterocycles. The van der Waals surface area contributed by atoms with Crippen molar-refractivity contribution in [2.75, 3.05) is 11.9 Å². The first-order valence-corrected chi connectivity index (χ1v) is 11.6. The molecule has 1 aliphatic heterocycles. The topological polar surface area (TPSA) is 90.9 Å². The number of nitrogens with zero attached hydrogens (tertiary/aromatic N) is 2. The molecule has 4 rings (SSSR count). The lowest BCUT2D eigenvalue weighted by Crippen LogP contribution is -2.53. The number of anilines is 1. The van der Waals surface area contributed by atoms with Gasteiger partial charge in [-0.1, -0.05) is 67.8 Å². The summed E-state index contributed by atoms with van der Waals surface area (Å²) in [6, 6.07) is 16.4. The summed E-state index contributed by atoms with van der Waals surface area (Å²) in [6.07, 6.45) is 3.85. The smallest absolute Gasteiger partial charge is 0.272 e. The molecule has 0 spiro atoms. The number of para-hydroxylation sites is 1. The highest BCUT2D eigenvalue weighted by Gasteiger charge is 2.32. The van der Waals surface area contributed by atoms with Crippen molar-refractivity contribution in [2.45, 2.75) is 51.2 Å². The molecule has 2 N–H and O–H groups in total. The highest BCUT2D eigenvalue weighted by atomic mass is 16.2. The van der Waals surface area contributed by atoms with Crippen LogP contribution in [0.2, 0.25) is 0 Å². The monoisotopic (exact) mass is 446 g/mol. The second kappa shape index (κ2) is 9.98. The highest BCUT2D eigenvalue weighted by molar-refractivity contribution is 6.20. The van der Waals surface area contributed by atoms with Gasteiger partial charge in [-0.2, -0.15) is 0 Å². The third kappa shape index (κ3) is 4.97. The number of likely N-dealkylation sites (N-methyl/N-ethyl adjacent to an activating group) is 1. The van der Waals surface area contributed by atoms with Crippen LogP contribution in [-0.2, 0) is 14.4 Å². The molecular formula is C26H30N4O3. The zero-order valence-corrected chi connectivity index (χ0v) is 19.1.